The summed E-state index contributed by atoms with van der Waals surface area (Å²) in [5.41, 5.74) is 0.934. The molecule has 0 bridgehead atoms. The molecule has 0 saturated heterocycles. The standard InChI is InChI=1S/C10H7Cl2N3O2/c1-5-2-8(17-15-5)10(16)14-7-4-13-3-6(11)9(7)12/h2-4H,1H3,(H,14,16). The first kappa shape index (κ1) is 11.9. The maximum Gasteiger partial charge on any atom is 0.294 e. The molecule has 1 N–H and O–H groups in total. The Morgan fingerprint density at radius 1 is 1.41 bits per heavy atom. The van der Waals surface area contributed by atoms with Crippen molar-refractivity contribution in [1.82, 2.24) is 10.1 Å². The third-order valence-electron chi connectivity index (χ3n) is 1.94. The Labute approximate surface area is 107 Å². The van der Waals surface area contributed by atoms with Gasteiger partial charge in [-0.1, -0.05) is 28.4 Å². The lowest BCUT2D eigenvalue weighted by Gasteiger charge is -2.05. The smallest absolute Gasteiger partial charge is 0.294 e. The summed E-state index contributed by atoms with van der Waals surface area (Å²) >= 11 is 11.7. The first-order valence-electron chi connectivity index (χ1n) is 4.61. The van der Waals surface area contributed by atoms with Crippen molar-refractivity contribution in [3.8, 4) is 0 Å². The van der Waals surface area contributed by atoms with Crippen molar-refractivity contribution in [2.75, 3.05) is 5.32 Å². The van der Waals surface area contributed by atoms with Gasteiger partial charge in [0, 0.05) is 12.3 Å². The van der Waals surface area contributed by atoms with Crippen molar-refractivity contribution in [2.45, 2.75) is 6.92 Å². The molecule has 0 aliphatic rings. The number of nitrogens with one attached hydrogen (secondary N) is 1. The Morgan fingerprint density at radius 3 is 2.82 bits per heavy atom. The molecule has 0 spiro atoms. The number of aryl methyl sites for hydroxylation is 1. The minimum atomic E-state index is -0.462. The molecule has 0 atom stereocenters. The van der Waals surface area contributed by atoms with E-state index in [-0.39, 0.29) is 15.8 Å². The van der Waals surface area contributed by atoms with Gasteiger partial charge in [0.25, 0.3) is 5.91 Å². The van der Waals surface area contributed by atoms with Gasteiger partial charge in [-0.3, -0.25) is 9.78 Å². The molecular weight excluding hydrogens is 265 g/mol. The average molecular weight is 272 g/mol. The number of hydrogen-bond acceptors (Lipinski definition) is 4. The molecule has 0 aliphatic heterocycles. The van der Waals surface area contributed by atoms with Crippen LogP contribution in [-0.2, 0) is 0 Å². The minimum absolute atomic E-state index is 0.0959. The Morgan fingerprint density at radius 2 is 2.18 bits per heavy atom. The molecule has 88 valence electrons. The van der Waals surface area contributed by atoms with Crippen LogP contribution in [0.4, 0.5) is 5.69 Å². The highest BCUT2D eigenvalue weighted by molar-refractivity contribution is 6.43. The summed E-state index contributed by atoms with van der Waals surface area (Å²) in [6.07, 6.45) is 2.79. The molecule has 2 aromatic heterocycles. The maximum atomic E-state index is 11.7. The summed E-state index contributed by atoms with van der Waals surface area (Å²) in [5, 5.41) is 6.63. The van der Waals surface area contributed by atoms with Crippen molar-refractivity contribution in [1.29, 1.82) is 0 Å². The fourth-order valence-electron chi connectivity index (χ4n) is 1.16. The van der Waals surface area contributed by atoms with Crippen molar-refractivity contribution in [2.24, 2.45) is 0 Å². The normalized spacial score (nSPS) is 10.3. The predicted molar refractivity (Wildman–Crippen MR) is 63.5 cm³/mol. The van der Waals surface area contributed by atoms with Crippen molar-refractivity contribution in [3.63, 3.8) is 0 Å². The maximum absolute atomic E-state index is 11.7. The Hall–Kier alpha value is -1.59. The van der Waals surface area contributed by atoms with Crippen LogP contribution in [0.3, 0.4) is 0 Å². The Balaban J connectivity index is 2.21. The van der Waals surface area contributed by atoms with E-state index in [0.717, 1.165) is 0 Å². The number of carbonyl (C=O) groups excluding carboxylic acids is 1. The van der Waals surface area contributed by atoms with Crippen molar-refractivity contribution >= 4 is 34.8 Å². The van der Waals surface area contributed by atoms with E-state index < -0.39 is 5.91 Å². The van der Waals surface area contributed by atoms with Crippen LogP contribution < -0.4 is 5.32 Å². The van der Waals surface area contributed by atoms with E-state index in [1.165, 1.54) is 18.5 Å². The fraction of sp³-hybridized carbons (Fsp3) is 0.100. The fourth-order valence-corrected chi connectivity index (χ4v) is 1.46. The second-order valence-electron chi connectivity index (χ2n) is 3.27. The Bertz CT molecular complexity index is 568. The summed E-state index contributed by atoms with van der Waals surface area (Å²) in [6.45, 7) is 1.72. The first-order chi connectivity index (χ1) is 8.08. The van der Waals surface area contributed by atoms with Gasteiger partial charge in [-0.2, -0.15) is 0 Å². The molecule has 0 unspecified atom stereocenters. The molecule has 5 nitrogen and oxygen atoms in total. The van der Waals surface area contributed by atoms with E-state index in [0.29, 0.717) is 11.4 Å². The highest BCUT2D eigenvalue weighted by Gasteiger charge is 2.14. The zero-order chi connectivity index (χ0) is 12.4. The van der Waals surface area contributed by atoms with Gasteiger partial charge in [0.05, 0.1) is 27.6 Å². The van der Waals surface area contributed by atoms with Gasteiger partial charge in [-0.05, 0) is 6.92 Å². The number of halogens is 2. The highest BCUT2D eigenvalue weighted by Crippen LogP contribution is 2.28. The van der Waals surface area contributed by atoms with Crippen molar-refractivity contribution < 1.29 is 9.32 Å². The lowest BCUT2D eigenvalue weighted by Crippen LogP contribution is -2.11. The average Bonchev–Trinajstić information content (AvgIpc) is 2.72. The molecule has 7 heteroatoms. The monoisotopic (exact) mass is 271 g/mol. The molecule has 2 rings (SSSR count). The molecule has 2 aromatic rings. The van der Waals surface area contributed by atoms with Crippen LogP contribution in [0.25, 0.3) is 0 Å². The highest BCUT2D eigenvalue weighted by atomic mass is 35.5. The lowest BCUT2D eigenvalue weighted by atomic mass is 10.3. The van der Waals surface area contributed by atoms with Crippen LogP contribution in [0.5, 0.6) is 0 Å². The molecule has 1 amide bonds. The predicted octanol–water partition coefficient (Wildman–Crippen LogP) is 2.94. The molecule has 0 aromatic carbocycles. The van der Waals surface area contributed by atoms with Gasteiger partial charge in [-0.15, -0.1) is 0 Å². The second-order valence-corrected chi connectivity index (χ2v) is 4.05. The SMILES string of the molecule is Cc1cc(C(=O)Nc2cncc(Cl)c2Cl)on1. The van der Waals surface area contributed by atoms with Gasteiger partial charge in [0.2, 0.25) is 5.76 Å². The van der Waals surface area contributed by atoms with Crippen LogP contribution in [0.2, 0.25) is 10.0 Å². The number of carbonyl (C=O) groups is 1. The molecular formula is C10H7Cl2N3O2. The number of anilines is 1. The number of aromatic nitrogens is 2. The Kier molecular flexibility index (Phi) is 3.31. The topological polar surface area (TPSA) is 68.0 Å². The van der Waals surface area contributed by atoms with Crippen LogP contribution in [-0.4, -0.2) is 16.0 Å². The van der Waals surface area contributed by atoms with Gasteiger partial charge in [0.1, 0.15) is 0 Å². The number of pyridine rings is 1. The largest absolute Gasteiger partial charge is 0.351 e. The quantitative estimate of drug-likeness (QED) is 0.912. The molecule has 0 radical (unpaired) electrons. The summed E-state index contributed by atoms with van der Waals surface area (Å²) in [6, 6.07) is 1.52. The zero-order valence-electron chi connectivity index (χ0n) is 8.70. The van der Waals surface area contributed by atoms with Gasteiger partial charge in [0.15, 0.2) is 0 Å². The molecule has 0 fully saturated rings. The first-order valence-corrected chi connectivity index (χ1v) is 5.37. The van der Waals surface area contributed by atoms with E-state index in [4.69, 9.17) is 27.7 Å². The van der Waals surface area contributed by atoms with E-state index >= 15 is 0 Å². The van der Waals surface area contributed by atoms with Crippen LogP contribution in [0.15, 0.2) is 23.0 Å². The lowest BCUT2D eigenvalue weighted by molar-refractivity contribution is 0.0988. The number of amides is 1. The van der Waals surface area contributed by atoms with E-state index in [1.54, 1.807) is 6.92 Å². The summed E-state index contributed by atoms with van der Waals surface area (Å²) < 4.78 is 4.81. The number of nitrogens with zero attached hydrogens (tertiary/aromatic N) is 2. The molecule has 0 saturated carbocycles. The third kappa shape index (κ3) is 2.57. The molecule has 2 heterocycles. The van der Waals surface area contributed by atoms with Gasteiger partial charge < -0.3 is 9.84 Å². The molecule has 17 heavy (non-hydrogen) atoms. The summed E-state index contributed by atoms with van der Waals surface area (Å²) in [7, 11) is 0. The zero-order valence-corrected chi connectivity index (χ0v) is 10.2. The number of rotatable bonds is 2. The minimum Gasteiger partial charge on any atom is -0.351 e. The van der Waals surface area contributed by atoms with Crippen molar-refractivity contribution in [3.05, 3.63) is 40.0 Å². The third-order valence-corrected chi connectivity index (χ3v) is 2.73. The van der Waals surface area contributed by atoms with Crippen LogP contribution >= 0.6 is 23.2 Å². The van der Waals surface area contributed by atoms with Crippen LogP contribution in [0.1, 0.15) is 16.2 Å². The molecule has 0 aliphatic carbocycles. The van der Waals surface area contributed by atoms with E-state index in [2.05, 4.69) is 15.5 Å². The van der Waals surface area contributed by atoms with Gasteiger partial charge >= 0.3 is 0 Å². The van der Waals surface area contributed by atoms with Crippen LogP contribution in [0, 0.1) is 6.92 Å². The van der Waals surface area contributed by atoms with E-state index in [1.807, 2.05) is 0 Å². The van der Waals surface area contributed by atoms with Gasteiger partial charge in [-0.25, -0.2) is 0 Å². The second kappa shape index (κ2) is 4.73. The van der Waals surface area contributed by atoms with E-state index in [9.17, 15) is 4.79 Å². The summed E-state index contributed by atoms with van der Waals surface area (Å²) in [4.78, 5) is 15.5. The summed E-state index contributed by atoms with van der Waals surface area (Å²) in [5.74, 6) is -0.366. The number of hydrogen-bond donors (Lipinski definition) is 1.